The smallest absolute Gasteiger partial charge is 0.277 e. The highest BCUT2D eigenvalue weighted by molar-refractivity contribution is 6.35. The highest BCUT2D eigenvalue weighted by Crippen LogP contribution is 2.35. The zero-order valence-corrected chi connectivity index (χ0v) is 16.9. The molecule has 2 amide bonds. The number of piperidine rings is 1. The van der Waals surface area contributed by atoms with Crippen molar-refractivity contribution in [2.45, 2.75) is 33.6 Å². The van der Waals surface area contributed by atoms with Crippen LogP contribution >= 0.6 is 0 Å². The summed E-state index contributed by atoms with van der Waals surface area (Å²) >= 11 is 0. The van der Waals surface area contributed by atoms with E-state index in [1.807, 2.05) is 6.92 Å². The molecule has 28 heavy (non-hydrogen) atoms. The minimum atomic E-state index is -0.364. The van der Waals surface area contributed by atoms with Crippen LogP contribution in [-0.2, 0) is 14.3 Å². The fourth-order valence-corrected chi connectivity index (χ4v) is 4.25. The molecular weight excluding hydrogens is 359 g/mol. The molecule has 152 valence electrons. The van der Waals surface area contributed by atoms with Gasteiger partial charge in [0.15, 0.2) is 0 Å². The largest absolute Gasteiger partial charge is 0.382 e. The van der Waals surface area contributed by atoms with Crippen LogP contribution in [0.25, 0.3) is 5.57 Å². The molecule has 2 atom stereocenters. The number of hydrogen-bond acceptors (Lipinski definition) is 4. The molecule has 0 N–H and O–H groups in total. The number of amides is 2. The number of likely N-dealkylation sites (tertiary alicyclic amines) is 1. The second-order valence-corrected chi connectivity index (χ2v) is 7.89. The van der Waals surface area contributed by atoms with E-state index < -0.39 is 0 Å². The zero-order valence-electron chi connectivity index (χ0n) is 16.9. The van der Waals surface area contributed by atoms with E-state index in [2.05, 4.69) is 18.7 Å². The third-order valence-electron chi connectivity index (χ3n) is 5.34. The van der Waals surface area contributed by atoms with Crippen LogP contribution < -0.4 is 0 Å². The van der Waals surface area contributed by atoms with Crippen LogP contribution in [0.2, 0.25) is 0 Å². The topological polar surface area (TPSA) is 49.9 Å². The van der Waals surface area contributed by atoms with Gasteiger partial charge in [0.2, 0.25) is 0 Å². The Kier molecular flexibility index (Phi) is 6.50. The van der Waals surface area contributed by atoms with Gasteiger partial charge in [0, 0.05) is 32.8 Å². The number of halogens is 1. The summed E-state index contributed by atoms with van der Waals surface area (Å²) in [6.45, 7) is 9.18. The maximum atomic E-state index is 13.4. The van der Waals surface area contributed by atoms with E-state index in [9.17, 15) is 14.0 Å². The van der Waals surface area contributed by atoms with E-state index >= 15 is 0 Å². The molecule has 1 fully saturated rings. The molecule has 0 bridgehead atoms. The number of benzene rings is 1. The Morgan fingerprint density at radius 2 is 1.71 bits per heavy atom. The molecule has 3 rings (SSSR count). The predicted molar refractivity (Wildman–Crippen MR) is 106 cm³/mol. The monoisotopic (exact) mass is 388 g/mol. The second kappa shape index (κ2) is 8.86. The summed E-state index contributed by atoms with van der Waals surface area (Å²) in [5.41, 5.74) is 1.45. The standard InChI is InChI=1S/C22H29FN2O3/c1-4-28-11-5-10-25-21(26)19(17-6-8-18(23)9-7-17)20(22(25)27)24-13-15(2)12-16(3)14-24/h6-9,15-16H,4-5,10-14H2,1-3H3. The van der Waals surface area contributed by atoms with Crippen molar-refractivity contribution in [2.75, 3.05) is 32.8 Å². The molecule has 2 aliphatic heterocycles. The van der Waals surface area contributed by atoms with Crippen molar-refractivity contribution in [3.05, 3.63) is 41.3 Å². The first-order chi connectivity index (χ1) is 13.4. The molecule has 6 heteroatoms. The van der Waals surface area contributed by atoms with Gasteiger partial charge in [-0.05, 0) is 49.3 Å². The van der Waals surface area contributed by atoms with Crippen LogP contribution in [0, 0.1) is 17.7 Å². The normalized spacial score (nSPS) is 23.1. The van der Waals surface area contributed by atoms with Gasteiger partial charge in [0.05, 0.1) is 5.57 Å². The summed E-state index contributed by atoms with van der Waals surface area (Å²) in [6.07, 6.45) is 1.71. The van der Waals surface area contributed by atoms with Crippen molar-refractivity contribution in [2.24, 2.45) is 11.8 Å². The summed E-state index contributed by atoms with van der Waals surface area (Å²) in [7, 11) is 0. The minimum Gasteiger partial charge on any atom is -0.382 e. The summed E-state index contributed by atoms with van der Waals surface area (Å²) in [6, 6.07) is 5.82. The molecule has 2 heterocycles. The molecule has 1 aromatic rings. The Morgan fingerprint density at radius 3 is 2.32 bits per heavy atom. The van der Waals surface area contributed by atoms with Crippen LogP contribution in [0.3, 0.4) is 0 Å². The maximum absolute atomic E-state index is 13.4. The Bertz CT molecular complexity index is 750. The summed E-state index contributed by atoms with van der Waals surface area (Å²) < 4.78 is 18.8. The SMILES string of the molecule is CCOCCCN1C(=O)C(c2ccc(F)cc2)=C(N2CC(C)CC(C)C2)C1=O. The molecule has 2 aliphatic rings. The van der Waals surface area contributed by atoms with Crippen LogP contribution in [0.1, 0.15) is 39.2 Å². The van der Waals surface area contributed by atoms with Crippen molar-refractivity contribution in [1.82, 2.24) is 9.80 Å². The van der Waals surface area contributed by atoms with Crippen molar-refractivity contribution in [1.29, 1.82) is 0 Å². The molecule has 1 saturated heterocycles. The Hall–Kier alpha value is -2.21. The highest BCUT2D eigenvalue weighted by Gasteiger charge is 2.42. The van der Waals surface area contributed by atoms with Gasteiger partial charge in [0.1, 0.15) is 11.5 Å². The predicted octanol–water partition coefficient (Wildman–Crippen LogP) is 3.31. The number of carbonyl (C=O) groups is 2. The second-order valence-electron chi connectivity index (χ2n) is 7.89. The molecule has 5 nitrogen and oxygen atoms in total. The van der Waals surface area contributed by atoms with E-state index in [0.29, 0.717) is 54.8 Å². The maximum Gasteiger partial charge on any atom is 0.277 e. The highest BCUT2D eigenvalue weighted by atomic mass is 19.1. The fraction of sp³-hybridized carbons (Fsp3) is 0.545. The number of rotatable bonds is 7. The van der Waals surface area contributed by atoms with E-state index in [0.717, 1.165) is 19.5 Å². The van der Waals surface area contributed by atoms with Gasteiger partial charge >= 0.3 is 0 Å². The van der Waals surface area contributed by atoms with Gasteiger partial charge in [-0.25, -0.2) is 4.39 Å². The van der Waals surface area contributed by atoms with Gasteiger partial charge in [-0.2, -0.15) is 0 Å². The molecule has 0 saturated carbocycles. The molecule has 0 aliphatic carbocycles. The Labute approximate surface area is 166 Å². The number of ether oxygens (including phenoxy) is 1. The van der Waals surface area contributed by atoms with Crippen molar-refractivity contribution >= 4 is 17.4 Å². The average molecular weight is 388 g/mol. The molecule has 2 unspecified atom stereocenters. The first-order valence-corrected chi connectivity index (χ1v) is 10.1. The summed E-state index contributed by atoms with van der Waals surface area (Å²) in [4.78, 5) is 29.8. The van der Waals surface area contributed by atoms with Gasteiger partial charge < -0.3 is 9.64 Å². The van der Waals surface area contributed by atoms with Crippen LogP contribution in [0.5, 0.6) is 0 Å². The van der Waals surface area contributed by atoms with Gasteiger partial charge in [-0.15, -0.1) is 0 Å². The molecular formula is C22H29FN2O3. The van der Waals surface area contributed by atoms with Crippen molar-refractivity contribution < 1.29 is 18.7 Å². The molecule has 0 radical (unpaired) electrons. The number of carbonyl (C=O) groups excluding carboxylic acids is 2. The van der Waals surface area contributed by atoms with E-state index in [1.165, 1.54) is 17.0 Å². The van der Waals surface area contributed by atoms with Gasteiger partial charge in [0.25, 0.3) is 11.8 Å². The van der Waals surface area contributed by atoms with Crippen molar-refractivity contribution in [3.8, 4) is 0 Å². The van der Waals surface area contributed by atoms with E-state index in [1.54, 1.807) is 12.1 Å². The lowest BCUT2D eigenvalue weighted by atomic mass is 9.91. The van der Waals surface area contributed by atoms with Crippen molar-refractivity contribution in [3.63, 3.8) is 0 Å². The van der Waals surface area contributed by atoms with Gasteiger partial charge in [-0.1, -0.05) is 26.0 Å². The van der Waals surface area contributed by atoms with Crippen LogP contribution in [0.15, 0.2) is 30.0 Å². The van der Waals surface area contributed by atoms with Crippen LogP contribution in [-0.4, -0.2) is 54.5 Å². The van der Waals surface area contributed by atoms with Gasteiger partial charge in [-0.3, -0.25) is 14.5 Å². The molecule has 1 aromatic carbocycles. The lowest BCUT2D eigenvalue weighted by molar-refractivity contribution is -0.137. The number of hydrogen-bond donors (Lipinski definition) is 0. The quantitative estimate of drug-likeness (QED) is 0.531. The number of imide groups is 1. The lowest BCUT2D eigenvalue weighted by Crippen LogP contribution is -2.42. The summed E-state index contributed by atoms with van der Waals surface area (Å²) in [5, 5.41) is 0. The lowest BCUT2D eigenvalue weighted by Gasteiger charge is -2.37. The minimum absolute atomic E-state index is 0.248. The molecule has 0 spiro atoms. The fourth-order valence-electron chi connectivity index (χ4n) is 4.25. The van der Waals surface area contributed by atoms with E-state index in [-0.39, 0.29) is 17.6 Å². The molecule has 0 aromatic heterocycles. The average Bonchev–Trinajstić information content (AvgIpc) is 2.89. The zero-order chi connectivity index (χ0) is 20.3. The Morgan fingerprint density at radius 1 is 1.07 bits per heavy atom. The first-order valence-electron chi connectivity index (χ1n) is 10.1. The Balaban J connectivity index is 1.94. The van der Waals surface area contributed by atoms with Crippen LogP contribution in [0.4, 0.5) is 4.39 Å². The summed E-state index contributed by atoms with van der Waals surface area (Å²) in [5.74, 6) is -0.0196. The first kappa shape index (κ1) is 20.5. The third kappa shape index (κ3) is 4.27. The number of nitrogens with zero attached hydrogens (tertiary/aromatic N) is 2. The third-order valence-corrected chi connectivity index (χ3v) is 5.34. The van der Waals surface area contributed by atoms with E-state index in [4.69, 9.17) is 4.74 Å².